The molecule has 116 valence electrons. The van der Waals surface area contributed by atoms with Crippen molar-refractivity contribution in [3.05, 3.63) is 72.3 Å². The van der Waals surface area contributed by atoms with Crippen molar-refractivity contribution in [1.29, 1.82) is 0 Å². The van der Waals surface area contributed by atoms with Crippen molar-refractivity contribution in [1.82, 2.24) is 25.6 Å². The van der Waals surface area contributed by atoms with Crippen LogP contribution in [0.1, 0.15) is 16.1 Å². The Labute approximate surface area is 132 Å². The van der Waals surface area contributed by atoms with Gasteiger partial charge in [0, 0.05) is 18.6 Å². The van der Waals surface area contributed by atoms with Crippen molar-refractivity contribution in [3.8, 4) is 5.69 Å². The molecule has 2 aromatic heterocycles. The number of benzene rings is 1. The highest BCUT2D eigenvalue weighted by Crippen LogP contribution is 2.09. The highest BCUT2D eigenvalue weighted by molar-refractivity contribution is 5.93. The van der Waals surface area contributed by atoms with E-state index in [-0.39, 0.29) is 12.3 Å². The summed E-state index contributed by atoms with van der Waals surface area (Å²) < 4.78 is 1.74. The minimum absolute atomic E-state index is 0.171. The van der Waals surface area contributed by atoms with Crippen LogP contribution in [0.15, 0.2) is 61.1 Å². The van der Waals surface area contributed by atoms with Crippen LogP contribution < -0.4 is 10.9 Å². The number of carbonyl (C=O) groups is 2. The van der Waals surface area contributed by atoms with Crippen LogP contribution in [0.2, 0.25) is 0 Å². The third-order valence-corrected chi connectivity index (χ3v) is 3.23. The maximum Gasteiger partial charge on any atom is 0.286 e. The quantitative estimate of drug-likeness (QED) is 0.632. The second-order valence-electron chi connectivity index (χ2n) is 4.88. The SMILES string of the molecule is O=C(Cc1ccc(-n2cccn2)cc1)NNC(=O)c1ccc[nH]1. The summed E-state index contributed by atoms with van der Waals surface area (Å²) in [5.41, 5.74) is 6.88. The molecule has 0 bridgehead atoms. The lowest BCUT2D eigenvalue weighted by Crippen LogP contribution is -2.42. The predicted molar refractivity (Wildman–Crippen MR) is 83.7 cm³/mol. The number of hydrogen-bond donors (Lipinski definition) is 3. The van der Waals surface area contributed by atoms with E-state index in [1.54, 1.807) is 29.2 Å². The van der Waals surface area contributed by atoms with Crippen molar-refractivity contribution >= 4 is 11.8 Å². The van der Waals surface area contributed by atoms with Gasteiger partial charge in [-0.1, -0.05) is 12.1 Å². The molecule has 0 saturated carbocycles. The largest absolute Gasteiger partial charge is 0.357 e. The second-order valence-corrected chi connectivity index (χ2v) is 4.88. The summed E-state index contributed by atoms with van der Waals surface area (Å²) >= 11 is 0. The third-order valence-electron chi connectivity index (χ3n) is 3.23. The average Bonchev–Trinajstić information content (AvgIpc) is 3.26. The van der Waals surface area contributed by atoms with Gasteiger partial charge in [-0.05, 0) is 35.9 Å². The molecular formula is C16H15N5O2. The maximum absolute atomic E-state index is 11.8. The zero-order valence-corrected chi connectivity index (χ0v) is 12.2. The van der Waals surface area contributed by atoms with E-state index in [0.29, 0.717) is 5.69 Å². The highest BCUT2D eigenvalue weighted by Gasteiger charge is 2.08. The summed E-state index contributed by atoms with van der Waals surface area (Å²) in [5.74, 6) is -0.686. The number of amides is 2. The summed E-state index contributed by atoms with van der Waals surface area (Å²) in [4.78, 5) is 26.3. The first-order valence-corrected chi connectivity index (χ1v) is 7.04. The van der Waals surface area contributed by atoms with Crippen LogP contribution in [0.25, 0.3) is 5.69 Å². The molecule has 0 aliphatic heterocycles. The van der Waals surface area contributed by atoms with Gasteiger partial charge in [-0.2, -0.15) is 5.10 Å². The standard InChI is InChI=1S/C16H15N5O2/c22-15(19-20-16(23)14-3-1-8-17-14)11-12-4-6-13(7-5-12)21-10-2-9-18-21/h1-10,17H,11H2,(H,19,22)(H,20,23). The van der Waals surface area contributed by atoms with E-state index in [2.05, 4.69) is 20.9 Å². The monoisotopic (exact) mass is 309 g/mol. The van der Waals surface area contributed by atoms with E-state index >= 15 is 0 Å². The van der Waals surface area contributed by atoms with E-state index in [9.17, 15) is 9.59 Å². The van der Waals surface area contributed by atoms with E-state index < -0.39 is 5.91 Å². The molecule has 0 spiro atoms. The molecule has 3 rings (SSSR count). The fourth-order valence-corrected chi connectivity index (χ4v) is 2.08. The van der Waals surface area contributed by atoms with E-state index in [0.717, 1.165) is 11.3 Å². The first-order valence-electron chi connectivity index (χ1n) is 7.04. The molecule has 0 atom stereocenters. The first-order chi connectivity index (χ1) is 11.2. The van der Waals surface area contributed by atoms with Crippen LogP contribution in [0.4, 0.5) is 0 Å². The van der Waals surface area contributed by atoms with E-state index in [1.165, 1.54) is 0 Å². The van der Waals surface area contributed by atoms with Crippen LogP contribution in [0, 0.1) is 0 Å². The lowest BCUT2D eigenvalue weighted by Gasteiger charge is -2.07. The van der Waals surface area contributed by atoms with Crippen LogP contribution in [-0.4, -0.2) is 26.6 Å². The number of nitrogens with zero attached hydrogens (tertiary/aromatic N) is 2. The molecule has 0 radical (unpaired) electrons. The summed E-state index contributed by atoms with van der Waals surface area (Å²) in [7, 11) is 0. The van der Waals surface area contributed by atoms with Crippen molar-refractivity contribution in [3.63, 3.8) is 0 Å². The molecule has 7 nitrogen and oxygen atoms in total. The Bertz CT molecular complexity index is 777. The topological polar surface area (TPSA) is 91.8 Å². The molecular weight excluding hydrogens is 294 g/mol. The zero-order valence-electron chi connectivity index (χ0n) is 12.2. The second kappa shape index (κ2) is 6.61. The fourth-order valence-electron chi connectivity index (χ4n) is 2.08. The molecule has 2 heterocycles. The Morgan fingerprint density at radius 1 is 1.09 bits per heavy atom. The van der Waals surface area contributed by atoms with Gasteiger partial charge in [-0.3, -0.25) is 20.4 Å². The highest BCUT2D eigenvalue weighted by atomic mass is 16.2. The summed E-state index contributed by atoms with van der Waals surface area (Å²) in [6.45, 7) is 0. The molecule has 1 aromatic carbocycles. The van der Waals surface area contributed by atoms with Crippen LogP contribution >= 0.6 is 0 Å². The van der Waals surface area contributed by atoms with E-state index in [4.69, 9.17) is 0 Å². The lowest BCUT2D eigenvalue weighted by atomic mass is 10.1. The van der Waals surface area contributed by atoms with Gasteiger partial charge in [0.1, 0.15) is 5.69 Å². The van der Waals surface area contributed by atoms with Gasteiger partial charge in [-0.25, -0.2) is 4.68 Å². The van der Waals surface area contributed by atoms with Crippen LogP contribution in [0.3, 0.4) is 0 Å². The zero-order chi connectivity index (χ0) is 16.1. The number of hydrazine groups is 1. The Kier molecular flexibility index (Phi) is 4.19. The van der Waals surface area contributed by atoms with Crippen molar-refractivity contribution in [2.24, 2.45) is 0 Å². The molecule has 0 aliphatic carbocycles. The molecule has 23 heavy (non-hydrogen) atoms. The van der Waals surface area contributed by atoms with Gasteiger partial charge in [0.25, 0.3) is 5.91 Å². The van der Waals surface area contributed by atoms with Crippen LogP contribution in [-0.2, 0) is 11.2 Å². The van der Waals surface area contributed by atoms with Gasteiger partial charge >= 0.3 is 0 Å². The van der Waals surface area contributed by atoms with Gasteiger partial charge in [0.2, 0.25) is 5.91 Å². The van der Waals surface area contributed by atoms with Crippen LogP contribution in [0.5, 0.6) is 0 Å². The van der Waals surface area contributed by atoms with Gasteiger partial charge in [0.15, 0.2) is 0 Å². The number of nitrogens with one attached hydrogen (secondary N) is 3. The fraction of sp³-hybridized carbons (Fsp3) is 0.0625. The minimum atomic E-state index is -0.391. The number of rotatable bonds is 4. The number of H-pyrrole nitrogens is 1. The number of hydrogen-bond acceptors (Lipinski definition) is 3. The Hall–Kier alpha value is -3.35. The normalized spacial score (nSPS) is 10.3. The Morgan fingerprint density at radius 3 is 2.57 bits per heavy atom. The van der Waals surface area contributed by atoms with Crippen molar-refractivity contribution < 1.29 is 9.59 Å². The van der Waals surface area contributed by atoms with Gasteiger partial charge in [-0.15, -0.1) is 0 Å². The Morgan fingerprint density at radius 2 is 1.91 bits per heavy atom. The molecule has 0 aliphatic rings. The molecule has 2 amide bonds. The van der Waals surface area contributed by atoms with Gasteiger partial charge < -0.3 is 4.98 Å². The van der Waals surface area contributed by atoms with Crippen molar-refractivity contribution in [2.75, 3.05) is 0 Å². The Balaban J connectivity index is 1.53. The summed E-state index contributed by atoms with van der Waals surface area (Å²) in [5, 5.41) is 4.14. The average molecular weight is 309 g/mol. The third kappa shape index (κ3) is 3.65. The molecule has 7 heteroatoms. The predicted octanol–water partition coefficient (Wildman–Crippen LogP) is 1.20. The molecule has 3 N–H and O–H groups in total. The minimum Gasteiger partial charge on any atom is -0.357 e. The summed E-state index contributed by atoms with van der Waals surface area (Å²) in [6.07, 6.45) is 5.36. The van der Waals surface area contributed by atoms with Gasteiger partial charge in [0.05, 0.1) is 12.1 Å². The number of carbonyl (C=O) groups excluding carboxylic acids is 2. The number of aromatic amines is 1. The molecule has 0 saturated heterocycles. The molecule has 0 fully saturated rings. The number of aromatic nitrogens is 3. The smallest absolute Gasteiger partial charge is 0.286 e. The maximum atomic E-state index is 11.8. The lowest BCUT2D eigenvalue weighted by molar-refractivity contribution is -0.121. The van der Waals surface area contributed by atoms with Crippen molar-refractivity contribution in [2.45, 2.75) is 6.42 Å². The molecule has 0 unspecified atom stereocenters. The first kappa shape index (κ1) is 14.6. The van der Waals surface area contributed by atoms with E-state index in [1.807, 2.05) is 36.5 Å². The molecule has 3 aromatic rings. The summed E-state index contributed by atoms with van der Waals surface area (Å²) in [6, 6.07) is 12.6.